The van der Waals surface area contributed by atoms with E-state index in [9.17, 15) is 9.59 Å². The average molecular weight is 381 g/mol. The number of thioether (sulfide) groups is 1. The number of amides is 1. The van der Waals surface area contributed by atoms with Crippen LogP contribution in [0.1, 0.15) is 28.4 Å². The maximum atomic E-state index is 12.3. The molecule has 0 saturated carbocycles. The quantitative estimate of drug-likeness (QED) is 0.497. The molecule has 1 heterocycles. The van der Waals surface area contributed by atoms with Crippen molar-refractivity contribution in [2.24, 2.45) is 0 Å². The molecule has 0 unspecified atom stereocenters. The van der Waals surface area contributed by atoms with Crippen LogP contribution in [0, 0.1) is 6.92 Å². The van der Waals surface area contributed by atoms with Crippen molar-refractivity contribution in [3.63, 3.8) is 0 Å². The molecule has 138 valence electrons. The van der Waals surface area contributed by atoms with Gasteiger partial charge in [-0.3, -0.25) is 9.59 Å². The number of carbonyl (C=O) groups excluding carboxylic acids is 2. The van der Waals surface area contributed by atoms with Gasteiger partial charge in [0.1, 0.15) is 0 Å². The third-order valence-electron chi connectivity index (χ3n) is 3.82. The Morgan fingerprint density at radius 1 is 1.11 bits per heavy atom. The molecule has 1 N–H and O–H groups in total. The summed E-state index contributed by atoms with van der Waals surface area (Å²) in [5, 5.41) is 11.1. The highest BCUT2D eigenvalue weighted by atomic mass is 32.2. The highest BCUT2D eigenvalue weighted by Gasteiger charge is 2.12. The number of nitrogens with zero attached hydrogens (tertiary/aromatic N) is 2. The second kappa shape index (κ2) is 8.64. The van der Waals surface area contributed by atoms with E-state index in [4.69, 9.17) is 4.42 Å². The zero-order valence-corrected chi connectivity index (χ0v) is 15.9. The van der Waals surface area contributed by atoms with Crippen LogP contribution in [-0.4, -0.2) is 27.6 Å². The molecule has 6 nitrogen and oxygen atoms in total. The number of hydrogen-bond donors (Lipinski definition) is 1. The number of aromatic nitrogens is 2. The van der Waals surface area contributed by atoms with Crippen molar-refractivity contribution in [1.29, 1.82) is 0 Å². The predicted octanol–water partition coefficient (Wildman–Crippen LogP) is 3.66. The van der Waals surface area contributed by atoms with E-state index in [-0.39, 0.29) is 17.4 Å². The Bertz CT molecular complexity index is 951. The number of carbonyl (C=O) groups is 2. The highest BCUT2D eigenvalue weighted by molar-refractivity contribution is 7.99. The minimum Gasteiger partial charge on any atom is -0.411 e. The first-order valence-electron chi connectivity index (χ1n) is 8.41. The van der Waals surface area contributed by atoms with E-state index in [1.807, 2.05) is 43.3 Å². The lowest BCUT2D eigenvalue weighted by Gasteiger charge is -2.04. The van der Waals surface area contributed by atoms with Crippen molar-refractivity contribution in [3.05, 3.63) is 65.2 Å². The first-order valence-corrected chi connectivity index (χ1v) is 9.40. The minimum absolute atomic E-state index is 0.0265. The van der Waals surface area contributed by atoms with Gasteiger partial charge in [-0.2, -0.15) is 0 Å². The van der Waals surface area contributed by atoms with Gasteiger partial charge in [-0.05, 0) is 24.6 Å². The molecule has 0 bridgehead atoms. The van der Waals surface area contributed by atoms with Gasteiger partial charge in [-0.1, -0.05) is 53.7 Å². The van der Waals surface area contributed by atoms with E-state index in [2.05, 4.69) is 15.5 Å². The second-order valence-corrected chi connectivity index (χ2v) is 6.99. The maximum Gasteiger partial charge on any atom is 0.277 e. The van der Waals surface area contributed by atoms with Crippen LogP contribution in [-0.2, 0) is 11.3 Å². The minimum atomic E-state index is -0.0869. The summed E-state index contributed by atoms with van der Waals surface area (Å²) in [7, 11) is 0. The number of hydrogen-bond acceptors (Lipinski definition) is 6. The SMILES string of the molecule is CC(=O)NCc1ccc(C(=O)CSc2nnc(-c3cccc(C)c3)o2)cc1. The van der Waals surface area contributed by atoms with Gasteiger partial charge >= 0.3 is 0 Å². The van der Waals surface area contributed by atoms with Crippen molar-refractivity contribution in [2.45, 2.75) is 25.6 Å². The van der Waals surface area contributed by atoms with Crippen LogP contribution in [0.25, 0.3) is 11.5 Å². The normalized spacial score (nSPS) is 10.6. The molecule has 0 atom stereocenters. The van der Waals surface area contributed by atoms with Gasteiger partial charge in [0.15, 0.2) is 5.78 Å². The molecule has 1 amide bonds. The second-order valence-electron chi connectivity index (χ2n) is 6.06. The first kappa shape index (κ1) is 18.8. The summed E-state index contributed by atoms with van der Waals surface area (Å²) in [6.45, 7) is 3.91. The summed E-state index contributed by atoms with van der Waals surface area (Å²) >= 11 is 1.21. The van der Waals surface area contributed by atoms with Gasteiger partial charge in [0.05, 0.1) is 5.75 Å². The lowest BCUT2D eigenvalue weighted by atomic mass is 10.1. The van der Waals surface area contributed by atoms with Gasteiger partial charge < -0.3 is 9.73 Å². The van der Waals surface area contributed by atoms with Crippen LogP contribution in [0.4, 0.5) is 0 Å². The Labute approximate surface area is 161 Å². The van der Waals surface area contributed by atoms with E-state index >= 15 is 0 Å². The van der Waals surface area contributed by atoms with E-state index in [0.717, 1.165) is 16.7 Å². The fourth-order valence-corrected chi connectivity index (χ4v) is 3.07. The van der Waals surface area contributed by atoms with Crippen LogP contribution in [0.15, 0.2) is 58.2 Å². The molecule has 2 aromatic carbocycles. The molecule has 0 aliphatic rings. The number of aryl methyl sites for hydroxylation is 1. The summed E-state index contributed by atoms with van der Waals surface area (Å²) in [4.78, 5) is 23.3. The largest absolute Gasteiger partial charge is 0.411 e. The van der Waals surface area contributed by atoms with Gasteiger partial charge in [0, 0.05) is 24.6 Å². The molecule has 27 heavy (non-hydrogen) atoms. The number of nitrogens with one attached hydrogen (secondary N) is 1. The molecule has 0 aliphatic heterocycles. The first-order chi connectivity index (χ1) is 13.0. The number of rotatable bonds is 7. The van der Waals surface area contributed by atoms with E-state index < -0.39 is 0 Å². The third kappa shape index (κ3) is 5.27. The Balaban J connectivity index is 1.57. The summed E-state index contributed by atoms with van der Waals surface area (Å²) in [5.74, 6) is 0.536. The van der Waals surface area contributed by atoms with Crippen molar-refractivity contribution in [1.82, 2.24) is 15.5 Å². The molecule has 0 spiro atoms. The maximum absolute atomic E-state index is 12.3. The van der Waals surface area contributed by atoms with Crippen LogP contribution in [0.3, 0.4) is 0 Å². The molecule has 0 radical (unpaired) electrons. The Morgan fingerprint density at radius 3 is 2.59 bits per heavy atom. The predicted molar refractivity (Wildman–Crippen MR) is 103 cm³/mol. The van der Waals surface area contributed by atoms with Crippen molar-refractivity contribution >= 4 is 23.5 Å². The summed E-state index contributed by atoms with van der Waals surface area (Å²) in [6, 6.07) is 15.0. The molecule has 3 aromatic rings. The van der Waals surface area contributed by atoms with Gasteiger partial charge in [-0.15, -0.1) is 10.2 Å². The summed E-state index contributed by atoms with van der Waals surface area (Å²) in [6.07, 6.45) is 0. The fourth-order valence-electron chi connectivity index (χ4n) is 2.41. The van der Waals surface area contributed by atoms with Crippen LogP contribution < -0.4 is 5.32 Å². The zero-order valence-electron chi connectivity index (χ0n) is 15.1. The molecule has 0 fully saturated rings. The number of benzene rings is 2. The number of Topliss-reactive ketones (excluding diaryl/α,β-unsaturated/α-hetero) is 1. The highest BCUT2D eigenvalue weighted by Crippen LogP contribution is 2.24. The Kier molecular flexibility index (Phi) is 6.03. The van der Waals surface area contributed by atoms with Crippen LogP contribution >= 0.6 is 11.8 Å². The topological polar surface area (TPSA) is 85.1 Å². The third-order valence-corrected chi connectivity index (χ3v) is 4.63. The average Bonchev–Trinajstić information content (AvgIpc) is 3.14. The molecular formula is C20H19N3O3S. The Hall–Kier alpha value is -2.93. The van der Waals surface area contributed by atoms with Crippen molar-refractivity contribution in [3.8, 4) is 11.5 Å². The lowest BCUT2D eigenvalue weighted by molar-refractivity contribution is -0.119. The van der Waals surface area contributed by atoms with Gasteiger partial charge in [0.2, 0.25) is 11.8 Å². The van der Waals surface area contributed by atoms with Gasteiger partial charge in [-0.25, -0.2) is 0 Å². The van der Waals surface area contributed by atoms with Gasteiger partial charge in [0.25, 0.3) is 5.22 Å². The fraction of sp³-hybridized carbons (Fsp3) is 0.200. The van der Waals surface area contributed by atoms with E-state index in [1.54, 1.807) is 12.1 Å². The summed E-state index contributed by atoms with van der Waals surface area (Å²) in [5.41, 5.74) is 3.51. The monoisotopic (exact) mass is 381 g/mol. The molecule has 7 heteroatoms. The van der Waals surface area contributed by atoms with Crippen molar-refractivity contribution < 1.29 is 14.0 Å². The zero-order chi connectivity index (χ0) is 19.2. The van der Waals surface area contributed by atoms with Crippen LogP contribution in [0.5, 0.6) is 0 Å². The molecular weight excluding hydrogens is 362 g/mol. The molecule has 0 aliphatic carbocycles. The smallest absolute Gasteiger partial charge is 0.277 e. The molecule has 1 aromatic heterocycles. The molecule has 3 rings (SSSR count). The summed E-state index contributed by atoms with van der Waals surface area (Å²) < 4.78 is 5.63. The standard InChI is InChI=1S/C20H19N3O3S/c1-13-4-3-5-17(10-13)19-22-23-20(26-19)27-12-18(25)16-8-6-15(7-9-16)11-21-14(2)24/h3-10H,11-12H2,1-2H3,(H,21,24). The van der Waals surface area contributed by atoms with E-state index in [1.165, 1.54) is 18.7 Å². The van der Waals surface area contributed by atoms with E-state index in [0.29, 0.717) is 23.2 Å². The lowest BCUT2D eigenvalue weighted by Crippen LogP contribution is -2.18. The van der Waals surface area contributed by atoms with Crippen LogP contribution in [0.2, 0.25) is 0 Å². The Morgan fingerprint density at radius 2 is 1.89 bits per heavy atom. The van der Waals surface area contributed by atoms with Crippen molar-refractivity contribution in [2.75, 3.05) is 5.75 Å². The number of ketones is 1. The molecule has 0 saturated heterocycles.